The quantitative estimate of drug-likeness (QED) is 0.0428. The number of nitrogens with one attached hydrogen (secondary N) is 1. The van der Waals surface area contributed by atoms with Crippen LogP contribution in [0.2, 0.25) is 0 Å². The molecule has 0 aromatic heterocycles. The van der Waals surface area contributed by atoms with Crippen molar-refractivity contribution in [2.45, 2.75) is 114 Å². The summed E-state index contributed by atoms with van der Waals surface area (Å²) in [6.07, 6.45) is 14.7. The first kappa shape index (κ1) is 55.8. The second-order valence-corrected chi connectivity index (χ2v) is 24.9. The molecular formula is C54H66N4O13S3. The van der Waals surface area contributed by atoms with Gasteiger partial charge in [0.15, 0.2) is 0 Å². The molecule has 20 heteroatoms. The summed E-state index contributed by atoms with van der Waals surface area (Å²) in [6, 6.07) is 18.1. The number of unbranched alkanes of at least 4 members (excludes halogenated alkanes) is 2. The number of benzene rings is 3. The Morgan fingerprint density at radius 2 is 1.41 bits per heavy atom. The molecule has 4 aliphatic rings. The van der Waals surface area contributed by atoms with Gasteiger partial charge < -0.3 is 19.9 Å². The zero-order valence-corrected chi connectivity index (χ0v) is 44.9. The van der Waals surface area contributed by atoms with Gasteiger partial charge >= 0.3 is 0 Å². The van der Waals surface area contributed by atoms with E-state index in [1.165, 1.54) is 29.8 Å². The van der Waals surface area contributed by atoms with Crippen LogP contribution in [0.4, 0.5) is 11.4 Å². The van der Waals surface area contributed by atoms with E-state index in [1.807, 2.05) is 55.2 Å². The molecule has 3 aromatic carbocycles. The van der Waals surface area contributed by atoms with Crippen molar-refractivity contribution < 1.29 is 58.0 Å². The molecule has 398 valence electrons. The number of fused-ring (bicyclic) bond motifs is 2. The third kappa shape index (κ3) is 13.5. The van der Waals surface area contributed by atoms with Crippen LogP contribution >= 0.6 is 0 Å². The topological polar surface area (TPSA) is 245 Å². The minimum atomic E-state index is -4.54. The van der Waals surface area contributed by atoms with E-state index in [9.17, 15) is 53.3 Å². The number of imide groups is 1. The Morgan fingerprint density at radius 3 is 2.05 bits per heavy atom. The number of ether oxygens (including phenoxy) is 1. The molecule has 4 N–H and O–H groups in total. The summed E-state index contributed by atoms with van der Waals surface area (Å²) in [5, 5.41) is 2.77. The largest absolute Gasteiger partial charge is 0.457 e. The third-order valence-electron chi connectivity index (χ3n) is 14.2. The van der Waals surface area contributed by atoms with Gasteiger partial charge in [-0.3, -0.25) is 32.9 Å². The van der Waals surface area contributed by atoms with Gasteiger partial charge in [-0.1, -0.05) is 75.8 Å². The van der Waals surface area contributed by atoms with E-state index in [0.29, 0.717) is 74.4 Å². The third-order valence-corrected chi connectivity index (χ3v) is 16.7. The number of aryl methyl sites for hydroxylation is 2. The minimum absolute atomic E-state index is 0.0773. The van der Waals surface area contributed by atoms with Crippen molar-refractivity contribution in [3.05, 3.63) is 142 Å². The number of anilines is 2. The molecule has 0 saturated heterocycles. The number of amides is 3. The van der Waals surface area contributed by atoms with Crippen molar-refractivity contribution in [3.63, 3.8) is 0 Å². The van der Waals surface area contributed by atoms with Gasteiger partial charge in [0.05, 0.1) is 22.4 Å². The number of hydrogen-bond acceptors (Lipinski definition) is 12. The van der Waals surface area contributed by atoms with Crippen LogP contribution in [0.25, 0.3) is 0 Å². The Balaban J connectivity index is 1.22. The number of rotatable bonds is 22. The molecule has 3 aliphatic heterocycles. The van der Waals surface area contributed by atoms with E-state index in [-0.39, 0.29) is 53.9 Å². The van der Waals surface area contributed by atoms with E-state index in [2.05, 4.69) is 61.3 Å². The second-order valence-electron chi connectivity index (χ2n) is 20.4. The van der Waals surface area contributed by atoms with Gasteiger partial charge in [0, 0.05) is 72.7 Å². The lowest BCUT2D eigenvalue weighted by molar-refractivity contribution is -0.137. The molecule has 0 bridgehead atoms. The van der Waals surface area contributed by atoms with Crippen LogP contribution in [-0.4, -0.2) is 105 Å². The highest BCUT2D eigenvalue weighted by Gasteiger charge is 2.44. The fraction of sp³-hybridized carbons (Fsp3) is 0.426. The maximum atomic E-state index is 12.7. The first-order valence-electron chi connectivity index (χ1n) is 24.8. The monoisotopic (exact) mass is 1070 g/mol. The summed E-state index contributed by atoms with van der Waals surface area (Å²) < 4.78 is 107. The molecule has 3 aromatic rings. The molecule has 74 heavy (non-hydrogen) atoms. The second kappa shape index (κ2) is 22.5. The average molecular weight is 1080 g/mol. The van der Waals surface area contributed by atoms with Crippen molar-refractivity contribution in [2.75, 3.05) is 47.5 Å². The molecule has 3 amide bonds. The van der Waals surface area contributed by atoms with Crippen LogP contribution in [0.1, 0.15) is 101 Å². The Kier molecular flexibility index (Phi) is 17.0. The highest BCUT2D eigenvalue weighted by atomic mass is 32.2. The molecule has 0 saturated carbocycles. The van der Waals surface area contributed by atoms with Crippen molar-refractivity contribution in [1.82, 2.24) is 10.2 Å². The maximum absolute atomic E-state index is 12.7. The van der Waals surface area contributed by atoms with Gasteiger partial charge in [-0.2, -0.15) is 25.3 Å². The van der Waals surface area contributed by atoms with Gasteiger partial charge in [-0.05, 0) is 129 Å². The van der Waals surface area contributed by atoms with Gasteiger partial charge in [0.1, 0.15) is 11.5 Å². The van der Waals surface area contributed by atoms with Crippen molar-refractivity contribution >= 4 is 59.5 Å². The van der Waals surface area contributed by atoms with E-state index in [4.69, 9.17) is 4.74 Å². The number of allylic oxidation sites excluding steroid dienone is 6. The average Bonchev–Trinajstić information content (AvgIpc) is 3.83. The lowest BCUT2D eigenvalue weighted by atomic mass is 9.79. The fourth-order valence-corrected chi connectivity index (χ4v) is 11.9. The van der Waals surface area contributed by atoms with E-state index in [0.717, 1.165) is 45.0 Å². The molecule has 3 heterocycles. The SMILES string of the molecule is Cc1ccc2c(c1)C(C)(C)C(/C=C/C1=C(Oc3ccc(CCC(=O)NCCN4C(=O)C=CC4=O)cc3)C(=C/C=C3/N(CCCCS(=O)(=O)O)c4ccc(S(=O)(=O)O)cc4C3(C)C)/CCC1)N2CCCCS(=O)(=O)O. The Labute approximate surface area is 435 Å². The standard InChI is InChI=1S/C54H66N4O13S3/c1-37-13-22-45-43(35-37)53(2,3)47(56(45)30-6-8-33-72(62,63)64)24-17-39-11-10-12-40(52(39)71-41-19-14-38(15-20-41)16-26-49(59)55-29-32-58-50(60)27-28-51(58)61)18-25-48-54(4,5)44-36-42(74(68,69)70)21-23-46(44)57(48)31-7-9-34-73(65,66)67/h13-15,17-25,27-28,35-36,47H,6-12,16,26,29-34H2,1-5H3,(H,55,59)(H,62,63,64)(H,65,66,67)(H,68,69,70)/b24-17+,40-18+,48-25+. The Bertz CT molecular complexity index is 3160. The molecule has 17 nitrogen and oxygen atoms in total. The van der Waals surface area contributed by atoms with Gasteiger partial charge in [0.25, 0.3) is 42.2 Å². The predicted octanol–water partition coefficient (Wildman–Crippen LogP) is 7.70. The first-order chi connectivity index (χ1) is 34.7. The van der Waals surface area contributed by atoms with E-state index in [1.54, 1.807) is 6.07 Å². The summed E-state index contributed by atoms with van der Waals surface area (Å²) in [6.45, 7) is 11.4. The molecule has 7 rings (SSSR count). The number of nitrogens with zero attached hydrogens (tertiary/aromatic N) is 3. The van der Waals surface area contributed by atoms with Crippen LogP contribution in [0.15, 0.2) is 125 Å². The Hall–Kier alpha value is -5.90. The van der Waals surface area contributed by atoms with Gasteiger partial charge in [0.2, 0.25) is 5.91 Å². The van der Waals surface area contributed by atoms with Crippen molar-refractivity contribution in [1.29, 1.82) is 0 Å². The smallest absolute Gasteiger partial charge is 0.294 e. The summed E-state index contributed by atoms with van der Waals surface area (Å²) >= 11 is 0. The zero-order chi connectivity index (χ0) is 53.8. The Morgan fingerprint density at radius 1 is 0.757 bits per heavy atom. The molecule has 1 aliphatic carbocycles. The first-order valence-corrected chi connectivity index (χ1v) is 29.5. The summed E-state index contributed by atoms with van der Waals surface area (Å²) in [5.74, 6) is -0.614. The molecule has 0 fully saturated rings. The fourth-order valence-electron chi connectivity index (χ4n) is 10.3. The predicted molar refractivity (Wildman–Crippen MR) is 284 cm³/mol. The van der Waals surface area contributed by atoms with Crippen LogP contribution in [0.5, 0.6) is 5.75 Å². The zero-order valence-electron chi connectivity index (χ0n) is 42.4. The lowest BCUT2D eigenvalue weighted by Gasteiger charge is -2.33. The summed E-state index contributed by atoms with van der Waals surface area (Å²) in [5.41, 5.74) is 7.00. The van der Waals surface area contributed by atoms with Crippen LogP contribution in [0.3, 0.4) is 0 Å². The van der Waals surface area contributed by atoms with Crippen LogP contribution in [-0.2, 0) is 62.0 Å². The minimum Gasteiger partial charge on any atom is -0.457 e. The van der Waals surface area contributed by atoms with Gasteiger partial charge in [-0.25, -0.2) is 0 Å². The maximum Gasteiger partial charge on any atom is 0.294 e. The number of carbonyl (C=O) groups is 3. The normalized spacial score (nSPS) is 19.6. The lowest BCUT2D eigenvalue weighted by Crippen LogP contribution is -2.40. The van der Waals surface area contributed by atoms with Crippen LogP contribution < -0.4 is 19.9 Å². The van der Waals surface area contributed by atoms with E-state index < -0.39 is 53.3 Å². The number of carbonyl (C=O) groups excluding carboxylic acids is 3. The highest BCUT2D eigenvalue weighted by molar-refractivity contribution is 7.86. The highest BCUT2D eigenvalue weighted by Crippen LogP contribution is 2.50. The molecule has 1 atom stereocenters. The van der Waals surface area contributed by atoms with Gasteiger partial charge in [-0.15, -0.1) is 0 Å². The van der Waals surface area contributed by atoms with Crippen molar-refractivity contribution in [3.8, 4) is 5.75 Å². The van der Waals surface area contributed by atoms with Crippen LogP contribution in [0, 0.1) is 6.92 Å². The summed E-state index contributed by atoms with van der Waals surface area (Å²) in [4.78, 5) is 41.6. The molecule has 0 radical (unpaired) electrons. The van der Waals surface area contributed by atoms with Crippen molar-refractivity contribution in [2.24, 2.45) is 0 Å². The van der Waals surface area contributed by atoms with E-state index >= 15 is 0 Å². The molecular weight excluding hydrogens is 1010 g/mol. The molecule has 0 spiro atoms. The number of hydrogen-bond donors (Lipinski definition) is 4. The molecule has 1 unspecified atom stereocenters. The summed E-state index contributed by atoms with van der Waals surface area (Å²) in [7, 11) is -12.8.